The number of nitrogens with zero attached hydrogens (tertiary/aromatic N) is 1. The van der Waals surface area contributed by atoms with E-state index in [9.17, 15) is 19.1 Å². The van der Waals surface area contributed by atoms with E-state index in [1.54, 1.807) is 50.2 Å². The summed E-state index contributed by atoms with van der Waals surface area (Å²) in [6, 6.07) is 23.2. The summed E-state index contributed by atoms with van der Waals surface area (Å²) in [4.78, 5) is 37.6. The van der Waals surface area contributed by atoms with Gasteiger partial charge in [-0.1, -0.05) is 67.9 Å². The van der Waals surface area contributed by atoms with Crippen molar-refractivity contribution in [3.8, 4) is 22.7 Å². The van der Waals surface area contributed by atoms with E-state index in [4.69, 9.17) is 16.0 Å². The summed E-state index contributed by atoms with van der Waals surface area (Å²) in [5, 5.41) is 2.18. The average molecular weight is 539 g/mol. The van der Waals surface area contributed by atoms with Gasteiger partial charge >= 0.3 is 7.60 Å². The second-order valence-electron chi connectivity index (χ2n) is 8.75. The number of hydrogen-bond donors (Lipinski definition) is 3. The van der Waals surface area contributed by atoms with Crippen LogP contribution in [0.5, 0.6) is 0 Å². The molecular formula is C28H28ClN2O5P. The summed E-state index contributed by atoms with van der Waals surface area (Å²) in [5.41, 5.74) is 3.17. The van der Waals surface area contributed by atoms with Crippen molar-refractivity contribution >= 4 is 30.8 Å². The molecule has 0 atom stereocenters. The van der Waals surface area contributed by atoms with E-state index in [1.165, 1.54) is 0 Å². The SMILES string of the molecule is CCC(CC)(c1ccc(NC(=O)Cc2oc(-c3ccccc3)nc2-c2ccc(Cl)cc2)cc1)P(=O)(O)O. The smallest absolute Gasteiger partial charge is 0.335 e. The summed E-state index contributed by atoms with van der Waals surface area (Å²) < 4.78 is 18.3. The number of hydrogen-bond acceptors (Lipinski definition) is 4. The Bertz CT molecular complexity index is 1410. The van der Waals surface area contributed by atoms with Gasteiger partial charge in [-0.15, -0.1) is 0 Å². The van der Waals surface area contributed by atoms with Crippen molar-refractivity contribution in [1.82, 2.24) is 4.98 Å². The predicted molar refractivity (Wildman–Crippen MR) is 145 cm³/mol. The highest BCUT2D eigenvalue weighted by Gasteiger charge is 2.45. The van der Waals surface area contributed by atoms with E-state index in [-0.39, 0.29) is 12.3 Å². The number of oxazole rings is 1. The van der Waals surface area contributed by atoms with Crippen molar-refractivity contribution in [3.63, 3.8) is 0 Å². The van der Waals surface area contributed by atoms with Crippen molar-refractivity contribution in [2.75, 3.05) is 5.32 Å². The molecule has 1 heterocycles. The molecule has 0 aliphatic carbocycles. The lowest BCUT2D eigenvalue weighted by molar-refractivity contribution is -0.115. The minimum atomic E-state index is -4.39. The summed E-state index contributed by atoms with van der Waals surface area (Å²) >= 11 is 6.05. The lowest BCUT2D eigenvalue weighted by Crippen LogP contribution is -2.24. The van der Waals surface area contributed by atoms with E-state index >= 15 is 0 Å². The van der Waals surface area contributed by atoms with Crippen LogP contribution < -0.4 is 5.32 Å². The predicted octanol–water partition coefficient (Wildman–Crippen LogP) is 7.04. The first-order chi connectivity index (χ1) is 17.7. The van der Waals surface area contributed by atoms with Crippen LogP contribution in [0.15, 0.2) is 83.3 Å². The first-order valence-electron chi connectivity index (χ1n) is 11.9. The fourth-order valence-electron chi connectivity index (χ4n) is 4.46. The first kappa shape index (κ1) is 26.8. The van der Waals surface area contributed by atoms with Gasteiger partial charge in [0.05, 0.1) is 11.6 Å². The number of carbonyl (C=O) groups excluding carboxylic acids is 1. The number of amides is 1. The maximum absolute atomic E-state index is 13.0. The molecule has 192 valence electrons. The van der Waals surface area contributed by atoms with Gasteiger partial charge in [-0.05, 0) is 54.8 Å². The number of nitrogens with one attached hydrogen (secondary N) is 1. The Balaban J connectivity index is 1.58. The summed E-state index contributed by atoms with van der Waals surface area (Å²) in [6.45, 7) is 3.52. The van der Waals surface area contributed by atoms with Crippen LogP contribution in [-0.4, -0.2) is 20.7 Å². The quantitative estimate of drug-likeness (QED) is 0.197. The molecule has 0 saturated carbocycles. The molecule has 0 saturated heterocycles. The van der Waals surface area contributed by atoms with E-state index in [0.29, 0.717) is 46.5 Å². The fourth-order valence-corrected chi connectivity index (χ4v) is 5.90. The average Bonchev–Trinajstić information content (AvgIpc) is 3.29. The number of anilines is 1. The number of aromatic nitrogens is 1. The molecule has 0 spiro atoms. The van der Waals surface area contributed by atoms with Crippen LogP contribution in [0.2, 0.25) is 5.02 Å². The minimum absolute atomic E-state index is 0.0596. The Kier molecular flexibility index (Phi) is 8.00. The van der Waals surface area contributed by atoms with Crippen LogP contribution >= 0.6 is 19.2 Å². The second-order valence-corrected chi connectivity index (χ2v) is 11.1. The largest absolute Gasteiger partial charge is 0.440 e. The zero-order valence-electron chi connectivity index (χ0n) is 20.5. The molecule has 3 N–H and O–H groups in total. The molecule has 0 fully saturated rings. The molecule has 9 heteroatoms. The molecule has 4 rings (SSSR count). The third-order valence-electron chi connectivity index (χ3n) is 6.59. The van der Waals surface area contributed by atoms with Gasteiger partial charge in [-0.2, -0.15) is 0 Å². The first-order valence-corrected chi connectivity index (χ1v) is 13.9. The van der Waals surface area contributed by atoms with Crippen molar-refractivity contribution in [3.05, 3.63) is 95.2 Å². The van der Waals surface area contributed by atoms with Gasteiger partial charge in [0.2, 0.25) is 11.8 Å². The molecule has 3 aromatic carbocycles. The normalized spacial score (nSPS) is 11.9. The monoisotopic (exact) mass is 538 g/mol. The van der Waals surface area contributed by atoms with Gasteiger partial charge in [-0.25, -0.2) is 4.98 Å². The van der Waals surface area contributed by atoms with Crippen LogP contribution in [-0.2, 0) is 20.9 Å². The molecular weight excluding hydrogens is 511 g/mol. The molecule has 7 nitrogen and oxygen atoms in total. The topological polar surface area (TPSA) is 113 Å². The van der Waals surface area contributed by atoms with Crippen LogP contribution in [0.4, 0.5) is 5.69 Å². The van der Waals surface area contributed by atoms with Gasteiger partial charge in [0.25, 0.3) is 0 Å². The van der Waals surface area contributed by atoms with Crippen molar-refractivity contribution in [2.45, 2.75) is 38.3 Å². The van der Waals surface area contributed by atoms with E-state index < -0.39 is 12.8 Å². The molecule has 0 radical (unpaired) electrons. The fraction of sp³-hybridized carbons (Fsp3) is 0.214. The Labute approximate surface area is 220 Å². The van der Waals surface area contributed by atoms with E-state index in [2.05, 4.69) is 10.3 Å². The molecule has 0 aliphatic rings. The Morgan fingerprint density at radius 1 is 0.946 bits per heavy atom. The maximum atomic E-state index is 13.0. The van der Waals surface area contributed by atoms with Crippen LogP contribution in [0, 0.1) is 0 Å². The van der Waals surface area contributed by atoms with Crippen molar-refractivity contribution in [1.29, 1.82) is 0 Å². The number of halogens is 1. The van der Waals surface area contributed by atoms with Gasteiger partial charge in [0, 0.05) is 21.8 Å². The van der Waals surface area contributed by atoms with E-state index in [0.717, 1.165) is 11.1 Å². The Hall–Kier alpha value is -3.22. The summed E-state index contributed by atoms with van der Waals surface area (Å²) in [7, 11) is -4.39. The Morgan fingerprint density at radius 2 is 1.57 bits per heavy atom. The lowest BCUT2D eigenvalue weighted by atomic mass is 9.92. The highest BCUT2D eigenvalue weighted by Crippen LogP contribution is 2.60. The molecule has 37 heavy (non-hydrogen) atoms. The molecule has 1 amide bonds. The highest BCUT2D eigenvalue weighted by molar-refractivity contribution is 7.53. The molecule has 1 aromatic heterocycles. The van der Waals surface area contributed by atoms with Crippen molar-refractivity contribution in [2.24, 2.45) is 0 Å². The molecule has 4 aromatic rings. The number of benzene rings is 3. The molecule has 0 bridgehead atoms. The van der Waals surface area contributed by atoms with Crippen LogP contribution in [0.1, 0.15) is 38.0 Å². The molecule has 0 unspecified atom stereocenters. The minimum Gasteiger partial charge on any atom is -0.440 e. The standard InChI is InChI=1S/C28H28ClN2O5P/c1-3-28(4-2,37(33,34)35)21-12-16-23(17-13-21)30-25(32)18-24-26(19-10-14-22(29)15-11-19)31-27(36-24)20-8-6-5-7-9-20/h5-17H,3-4,18H2,1-2H3,(H,30,32)(H2,33,34,35). The zero-order chi connectivity index (χ0) is 26.6. The van der Waals surface area contributed by atoms with Gasteiger partial charge in [0.1, 0.15) is 11.5 Å². The highest BCUT2D eigenvalue weighted by atomic mass is 35.5. The lowest BCUT2D eigenvalue weighted by Gasteiger charge is -2.33. The maximum Gasteiger partial charge on any atom is 0.335 e. The third-order valence-corrected chi connectivity index (χ3v) is 8.85. The van der Waals surface area contributed by atoms with Gasteiger partial charge < -0.3 is 19.5 Å². The van der Waals surface area contributed by atoms with E-state index in [1.807, 2.05) is 42.5 Å². The van der Waals surface area contributed by atoms with Gasteiger partial charge in [0.15, 0.2) is 0 Å². The Morgan fingerprint density at radius 3 is 2.14 bits per heavy atom. The van der Waals surface area contributed by atoms with Crippen molar-refractivity contribution < 1.29 is 23.6 Å². The summed E-state index contributed by atoms with van der Waals surface area (Å²) in [5.74, 6) is 0.504. The molecule has 0 aliphatic heterocycles. The van der Waals surface area contributed by atoms with Crippen LogP contribution in [0.25, 0.3) is 22.7 Å². The number of carbonyl (C=O) groups is 1. The van der Waals surface area contributed by atoms with Gasteiger partial charge in [-0.3, -0.25) is 9.36 Å². The number of rotatable bonds is 9. The van der Waals surface area contributed by atoms with Crippen LogP contribution in [0.3, 0.4) is 0 Å². The second kappa shape index (κ2) is 11.0. The zero-order valence-corrected chi connectivity index (χ0v) is 22.2. The third kappa shape index (κ3) is 5.71. The summed E-state index contributed by atoms with van der Waals surface area (Å²) in [6.07, 6.45) is 0.528.